The van der Waals surface area contributed by atoms with Crippen LogP contribution < -0.4 is 5.32 Å². The topological polar surface area (TPSA) is 49.4 Å². The Bertz CT molecular complexity index is 413. The van der Waals surface area contributed by atoms with Crippen molar-refractivity contribution in [2.24, 2.45) is 0 Å². The summed E-state index contributed by atoms with van der Waals surface area (Å²) < 4.78 is 0. The molecular formula is C12H14N2O2. The molecule has 0 unspecified atom stereocenters. The number of hydrogen-bond acceptors (Lipinski definition) is 3. The van der Waals surface area contributed by atoms with Crippen LogP contribution in [0.25, 0.3) is 0 Å². The minimum atomic E-state index is -0.219. The van der Waals surface area contributed by atoms with Crippen LogP contribution >= 0.6 is 0 Å². The third-order valence-corrected chi connectivity index (χ3v) is 2.50. The van der Waals surface area contributed by atoms with Crippen molar-refractivity contribution >= 4 is 11.8 Å². The standard InChI is InChI=1S/C12H14N2O2/c1-9-3-2-4-10(5-9)6-14-7-11(15)13-12(16)8-14/h2-5H,6-8H2,1H3,(H,13,15,16). The summed E-state index contributed by atoms with van der Waals surface area (Å²) in [5.74, 6) is -0.437. The molecule has 4 nitrogen and oxygen atoms in total. The van der Waals surface area contributed by atoms with Gasteiger partial charge in [-0.25, -0.2) is 0 Å². The lowest BCUT2D eigenvalue weighted by Crippen LogP contribution is -2.50. The van der Waals surface area contributed by atoms with Crippen LogP contribution in [0, 0.1) is 6.92 Å². The highest BCUT2D eigenvalue weighted by Gasteiger charge is 2.21. The third kappa shape index (κ3) is 2.67. The van der Waals surface area contributed by atoms with Crippen molar-refractivity contribution in [2.45, 2.75) is 13.5 Å². The van der Waals surface area contributed by atoms with E-state index in [1.807, 2.05) is 30.0 Å². The van der Waals surface area contributed by atoms with E-state index in [4.69, 9.17) is 0 Å². The van der Waals surface area contributed by atoms with Gasteiger partial charge in [0.05, 0.1) is 13.1 Å². The molecule has 0 spiro atoms. The van der Waals surface area contributed by atoms with E-state index in [2.05, 4.69) is 11.4 Å². The van der Waals surface area contributed by atoms with E-state index >= 15 is 0 Å². The molecule has 1 N–H and O–H groups in total. The van der Waals surface area contributed by atoms with Gasteiger partial charge in [-0.3, -0.25) is 19.8 Å². The van der Waals surface area contributed by atoms with Crippen molar-refractivity contribution < 1.29 is 9.59 Å². The van der Waals surface area contributed by atoms with E-state index in [-0.39, 0.29) is 11.8 Å². The number of nitrogens with one attached hydrogen (secondary N) is 1. The van der Waals surface area contributed by atoms with Gasteiger partial charge in [0.25, 0.3) is 0 Å². The molecule has 0 aromatic heterocycles. The quantitative estimate of drug-likeness (QED) is 0.733. The van der Waals surface area contributed by atoms with Crippen LogP contribution in [-0.2, 0) is 16.1 Å². The second-order valence-corrected chi connectivity index (χ2v) is 4.11. The Kier molecular flexibility index (Phi) is 3.01. The van der Waals surface area contributed by atoms with Gasteiger partial charge in [0, 0.05) is 6.54 Å². The van der Waals surface area contributed by atoms with Crippen LogP contribution in [0.1, 0.15) is 11.1 Å². The van der Waals surface area contributed by atoms with Crippen LogP contribution in [-0.4, -0.2) is 29.8 Å². The fourth-order valence-corrected chi connectivity index (χ4v) is 1.88. The lowest BCUT2D eigenvalue weighted by Gasteiger charge is -2.25. The Labute approximate surface area is 94.2 Å². The zero-order chi connectivity index (χ0) is 11.5. The number of nitrogens with zero attached hydrogens (tertiary/aromatic N) is 1. The molecule has 1 saturated heterocycles. The second kappa shape index (κ2) is 4.45. The van der Waals surface area contributed by atoms with Gasteiger partial charge in [0.2, 0.25) is 11.8 Å². The average Bonchev–Trinajstić information content (AvgIpc) is 2.15. The van der Waals surface area contributed by atoms with Crippen molar-refractivity contribution in [3.05, 3.63) is 35.4 Å². The van der Waals surface area contributed by atoms with Crippen LogP contribution in [0.5, 0.6) is 0 Å². The summed E-state index contributed by atoms with van der Waals surface area (Å²) in [6.45, 7) is 3.25. The first-order chi connectivity index (χ1) is 7.63. The minimum Gasteiger partial charge on any atom is -0.294 e. The first kappa shape index (κ1) is 10.8. The molecule has 2 amide bonds. The lowest BCUT2D eigenvalue weighted by atomic mass is 10.1. The molecule has 0 saturated carbocycles. The summed E-state index contributed by atoms with van der Waals surface area (Å²) in [6.07, 6.45) is 0. The van der Waals surface area contributed by atoms with Crippen molar-refractivity contribution in [1.29, 1.82) is 0 Å². The van der Waals surface area contributed by atoms with E-state index < -0.39 is 0 Å². The molecule has 16 heavy (non-hydrogen) atoms. The first-order valence-electron chi connectivity index (χ1n) is 5.24. The molecule has 1 heterocycles. The summed E-state index contributed by atoms with van der Waals surface area (Å²) in [6, 6.07) is 8.08. The Morgan fingerprint density at radius 1 is 1.25 bits per heavy atom. The number of piperazine rings is 1. The highest BCUT2D eigenvalue weighted by molar-refractivity contribution is 5.99. The molecular weight excluding hydrogens is 204 g/mol. The van der Waals surface area contributed by atoms with Gasteiger partial charge in [-0.1, -0.05) is 29.8 Å². The molecule has 0 aliphatic carbocycles. The van der Waals surface area contributed by atoms with Crippen LogP contribution in [0.15, 0.2) is 24.3 Å². The number of benzene rings is 1. The van der Waals surface area contributed by atoms with Gasteiger partial charge in [-0.15, -0.1) is 0 Å². The van der Waals surface area contributed by atoms with Crippen LogP contribution in [0.3, 0.4) is 0 Å². The van der Waals surface area contributed by atoms with E-state index in [9.17, 15) is 9.59 Å². The number of carbonyl (C=O) groups is 2. The third-order valence-electron chi connectivity index (χ3n) is 2.50. The fraction of sp³-hybridized carbons (Fsp3) is 0.333. The Morgan fingerprint density at radius 3 is 2.56 bits per heavy atom. The van der Waals surface area contributed by atoms with E-state index in [1.54, 1.807) is 0 Å². The van der Waals surface area contributed by atoms with Crippen molar-refractivity contribution in [2.75, 3.05) is 13.1 Å². The number of hydrogen-bond donors (Lipinski definition) is 1. The van der Waals surface area contributed by atoms with Crippen molar-refractivity contribution in [3.63, 3.8) is 0 Å². The molecule has 1 aromatic rings. The van der Waals surface area contributed by atoms with Gasteiger partial charge in [0.1, 0.15) is 0 Å². The smallest absolute Gasteiger partial charge is 0.240 e. The van der Waals surface area contributed by atoms with Gasteiger partial charge < -0.3 is 0 Å². The summed E-state index contributed by atoms with van der Waals surface area (Å²) in [4.78, 5) is 24.2. The largest absolute Gasteiger partial charge is 0.294 e. The predicted octanol–water partition coefficient (Wildman–Crippen LogP) is 0.453. The maximum absolute atomic E-state index is 11.2. The normalized spacial score (nSPS) is 17.3. The first-order valence-corrected chi connectivity index (χ1v) is 5.24. The number of imide groups is 1. The Hall–Kier alpha value is -1.68. The lowest BCUT2D eigenvalue weighted by molar-refractivity contribution is -0.136. The van der Waals surface area contributed by atoms with Crippen LogP contribution in [0.2, 0.25) is 0 Å². The van der Waals surface area contributed by atoms with Gasteiger partial charge >= 0.3 is 0 Å². The summed E-state index contributed by atoms with van der Waals surface area (Å²) in [7, 11) is 0. The molecule has 0 bridgehead atoms. The predicted molar refractivity (Wildman–Crippen MR) is 59.6 cm³/mol. The second-order valence-electron chi connectivity index (χ2n) is 4.11. The van der Waals surface area contributed by atoms with Gasteiger partial charge in [-0.2, -0.15) is 0 Å². The SMILES string of the molecule is Cc1cccc(CN2CC(=O)NC(=O)C2)c1. The maximum atomic E-state index is 11.2. The number of carbonyl (C=O) groups excluding carboxylic acids is 2. The number of rotatable bonds is 2. The van der Waals surface area contributed by atoms with Crippen LogP contribution in [0.4, 0.5) is 0 Å². The molecule has 1 fully saturated rings. The summed E-state index contributed by atoms with van der Waals surface area (Å²) >= 11 is 0. The molecule has 1 aromatic carbocycles. The number of amides is 2. The van der Waals surface area contributed by atoms with Crippen molar-refractivity contribution in [1.82, 2.24) is 10.2 Å². The average molecular weight is 218 g/mol. The van der Waals surface area contributed by atoms with Gasteiger partial charge in [-0.05, 0) is 12.5 Å². The fourth-order valence-electron chi connectivity index (χ4n) is 1.88. The summed E-state index contributed by atoms with van der Waals surface area (Å²) in [5.41, 5.74) is 2.31. The maximum Gasteiger partial charge on any atom is 0.240 e. The van der Waals surface area contributed by atoms with E-state index in [0.717, 1.165) is 5.56 Å². The summed E-state index contributed by atoms with van der Waals surface area (Å²) in [5, 5.41) is 2.29. The molecule has 1 aliphatic heterocycles. The van der Waals surface area contributed by atoms with E-state index in [1.165, 1.54) is 5.56 Å². The molecule has 84 valence electrons. The van der Waals surface area contributed by atoms with Gasteiger partial charge in [0.15, 0.2) is 0 Å². The zero-order valence-corrected chi connectivity index (χ0v) is 9.19. The molecule has 4 heteroatoms. The minimum absolute atomic E-state index is 0.219. The molecule has 1 aliphatic rings. The molecule has 0 radical (unpaired) electrons. The molecule has 0 atom stereocenters. The van der Waals surface area contributed by atoms with E-state index in [0.29, 0.717) is 19.6 Å². The monoisotopic (exact) mass is 218 g/mol. The Morgan fingerprint density at radius 2 is 1.94 bits per heavy atom. The number of aryl methyl sites for hydroxylation is 1. The highest BCUT2D eigenvalue weighted by atomic mass is 16.2. The van der Waals surface area contributed by atoms with Crippen molar-refractivity contribution in [3.8, 4) is 0 Å². The molecule has 2 rings (SSSR count). The highest BCUT2D eigenvalue weighted by Crippen LogP contribution is 2.08. The zero-order valence-electron chi connectivity index (χ0n) is 9.19. The Balaban J connectivity index is 2.04.